The number of ether oxygens (including phenoxy) is 1. The van der Waals surface area contributed by atoms with Gasteiger partial charge in [-0.15, -0.1) is 0 Å². The molecular formula is C19H25N3O3. The van der Waals surface area contributed by atoms with Gasteiger partial charge in [0.2, 0.25) is 0 Å². The summed E-state index contributed by atoms with van der Waals surface area (Å²) in [7, 11) is 0. The number of imidazole rings is 1. The minimum atomic E-state index is -0.964. The van der Waals surface area contributed by atoms with Gasteiger partial charge in [0.15, 0.2) is 0 Å². The molecule has 0 radical (unpaired) electrons. The van der Waals surface area contributed by atoms with E-state index in [-0.39, 0.29) is 11.0 Å². The van der Waals surface area contributed by atoms with E-state index in [1.165, 1.54) is 12.3 Å². The number of carbonyl (C=O) groups is 1. The number of aromatic nitrogens is 3. The van der Waals surface area contributed by atoms with Crippen molar-refractivity contribution in [1.29, 1.82) is 0 Å². The number of carboxylic acids is 1. The molecule has 0 bridgehead atoms. The van der Waals surface area contributed by atoms with Crippen molar-refractivity contribution >= 4 is 5.97 Å². The third-order valence-corrected chi connectivity index (χ3v) is 4.57. The molecule has 0 saturated carbocycles. The zero-order chi connectivity index (χ0) is 18.0. The van der Waals surface area contributed by atoms with Gasteiger partial charge in [0.1, 0.15) is 5.82 Å². The Balaban J connectivity index is 2.00. The van der Waals surface area contributed by atoms with Gasteiger partial charge in [-0.05, 0) is 24.8 Å². The summed E-state index contributed by atoms with van der Waals surface area (Å²) in [4.78, 5) is 20.4. The highest BCUT2D eigenvalue weighted by Gasteiger charge is 2.25. The van der Waals surface area contributed by atoms with Crippen LogP contribution in [-0.4, -0.2) is 38.8 Å². The van der Waals surface area contributed by atoms with Crippen LogP contribution in [0.15, 0.2) is 24.7 Å². The van der Waals surface area contributed by atoms with E-state index in [2.05, 4.69) is 30.3 Å². The summed E-state index contributed by atoms with van der Waals surface area (Å²) in [5.41, 5.74) is 1.33. The van der Waals surface area contributed by atoms with Crippen LogP contribution in [0.25, 0.3) is 11.3 Å². The highest BCUT2D eigenvalue weighted by molar-refractivity contribution is 5.95. The lowest BCUT2D eigenvalue weighted by Crippen LogP contribution is -2.24. The lowest BCUT2D eigenvalue weighted by atomic mass is 9.94. The molecule has 1 saturated heterocycles. The van der Waals surface area contributed by atoms with Gasteiger partial charge in [-0.3, -0.25) is 4.98 Å². The fourth-order valence-electron chi connectivity index (χ4n) is 3.28. The van der Waals surface area contributed by atoms with E-state index in [4.69, 9.17) is 9.72 Å². The Morgan fingerprint density at radius 3 is 2.72 bits per heavy atom. The average molecular weight is 343 g/mol. The Hall–Kier alpha value is -2.21. The van der Waals surface area contributed by atoms with Gasteiger partial charge in [0.05, 0.1) is 11.3 Å². The molecule has 2 aromatic heterocycles. The van der Waals surface area contributed by atoms with Gasteiger partial charge < -0.3 is 14.4 Å². The van der Waals surface area contributed by atoms with Crippen molar-refractivity contribution in [2.75, 3.05) is 13.2 Å². The molecule has 2 aromatic rings. The molecule has 0 aromatic carbocycles. The Kier molecular flexibility index (Phi) is 4.90. The van der Waals surface area contributed by atoms with Gasteiger partial charge in [0, 0.05) is 49.3 Å². The van der Waals surface area contributed by atoms with E-state index in [9.17, 15) is 9.90 Å². The summed E-state index contributed by atoms with van der Waals surface area (Å²) in [5.74, 6) is 0.563. The average Bonchev–Trinajstić information content (AvgIpc) is 3.00. The molecule has 0 unspecified atom stereocenters. The largest absolute Gasteiger partial charge is 0.478 e. The number of carboxylic acid groups (broad SMARTS) is 1. The second kappa shape index (κ2) is 6.96. The molecule has 0 atom stereocenters. The van der Waals surface area contributed by atoms with Gasteiger partial charge in [-0.1, -0.05) is 20.8 Å². The van der Waals surface area contributed by atoms with Crippen molar-refractivity contribution in [3.05, 3.63) is 36.0 Å². The normalized spacial score (nSPS) is 16.1. The summed E-state index contributed by atoms with van der Waals surface area (Å²) in [5, 5.41) is 9.45. The Labute approximate surface area is 147 Å². The number of rotatable bonds is 4. The molecule has 3 heterocycles. The van der Waals surface area contributed by atoms with Crippen molar-refractivity contribution in [2.24, 2.45) is 5.92 Å². The molecule has 6 nitrogen and oxygen atoms in total. The summed E-state index contributed by atoms with van der Waals surface area (Å²) < 4.78 is 7.64. The fourth-order valence-corrected chi connectivity index (χ4v) is 3.28. The van der Waals surface area contributed by atoms with Gasteiger partial charge in [-0.2, -0.15) is 0 Å². The van der Waals surface area contributed by atoms with Crippen LogP contribution >= 0.6 is 0 Å². The van der Waals surface area contributed by atoms with Crippen LogP contribution in [0.4, 0.5) is 0 Å². The number of hydrogen-bond donors (Lipinski definition) is 1. The maximum absolute atomic E-state index is 11.5. The van der Waals surface area contributed by atoms with Crippen LogP contribution in [-0.2, 0) is 16.7 Å². The molecule has 1 N–H and O–H groups in total. The Morgan fingerprint density at radius 1 is 1.36 bits per heavy atom. The predicted octanol–water partition coefficient (Wildman–Crippen LogP) is 3.37. The molecule has 6 heteroatoms. The molecule has 3 rings (SSSR count). The van der Waals surface area contributed by atoms with Crippen LogP contribution in [0.5, 0.6) is 0 Å². The number of hydrogen-bond acceptors (Lipinski definition) is 4. The lowest BCUT2D eigenvalue weighted by Gasteiger charge is -2.25. The second-order valence-electron chi connectivity index (χ2n) is 7.63. The molecule has 0 aliphatic carbocycles. The second-order valence-corrected chi connectivity index (χ2v) is 7.63. The van der Waals surface area contributed by atoms with Crippen LogP contribution in [0.3, 0.4) is 0 Å². The summed E-state index contributed by atoms with van der Waals surface area (Å²) >= 11 is 0. The molecule has 0 spiro atoms. The third kappa shape index (κ3) is 3.90. The van der Waals surface area contributed by atoms with Crippen LogP contribution in [0.2, 0.25) is 0 Å². The first kappa shape index (κ1) is 17.6. The quantitative estimate of drug-likeness (QED) is 0.921. The predicted molar refractivity (Wildman–Crippen MR) is 94.7 cm³/mol. The van der Waals surface area contributed by atoms with E-state index in [1.807, 2.05) is 6.20 Å². The SMILES string of the molecule is CC(C)(C)c1nc(-c2cnccc2C(=O)O)cn1CC1CCOCC1. The maximum Gasteiger partial charge on any atom is 0.336 e. The molecule has 134 valence electrons. The van der Waals surface area contributed by atoms with E-state index >= 15 is 0 Å². The topological polar surface area (TPSA) is 77.2 Å². The minimum Gasteiger partial charge on any atom is -0.478 e. The highest BCUT2D eigenvalue weighted by Crippen LogP contribution is 2.29. The number of aromatic carboxylic acids is 1. The first-order chi connectivity index (χ1) is 11.9. The van der Waals surface area contributed by atoms with Gasteiger partial charge >= 0.3 is 5.97 Å². The zero-order valence-electron chi connectivity index (χ0n) is 15.0. The summed E-state index contributed by atoms with van der Waals surface area (Å²) in [6.07, 6.45) is 7.14. The van der Waals surface area contributed by atoms with Crippen molar-refractivity contribution in [3.8, 4) is 11.3 Å². The smallest absolute Gasteiger partial charge is 0.336 e. The summed E-state index contributed by atoms with van der Waals surface area (Å²) in [6.45, 7) is 8.88. The molecule has 25 heavy (non-hydrogen) atoms. The van der Waals surface area contributed by atoms with Gasteiger partial charge in [-0.25, -0.2) is 9.78 Å². The van der Waals surface area contributed by atoms with Crippen molar-refractivity contribution in [3.63, 3.8) is 0 Å². The van der Waals surface area contributed by atoms with Crippen molar-refractivity contribution in [1.82, 2.24) is 14.5 Å². The molecule has 0 amide bonds. The molecule has 1 aliphatic heterocycles. The molecule has 1 aliphatic rings. The van der Waals surface area contributed by atoms with E-state index in [1.54, 1.807) is 6.20 Å². The minimum absolute atomic E-state index is 0.130. The third-order valence-electron chi connectivity index (χ3n) is 4.57. The Bertz CT molecular complexity index is 756. The Morgan fingerprint density at radius 2 is 2.08 bits per heavy atom. The molecule has 1 fully saturated rings. The first-order valence-corrected chi connectivity index (χ1v) is 8.69. The van der Waals surface area contributed by atoms with Crippen LogP contribution < -0.4 is 0 Å². The number of pyridine rings is 1. The standard InChI is InChI=1S/C19H25N3O3/c1-19(2,3)18-21-16(15-10-20-7-4-14(15)17(23)24)12-22(18)11-13-5-8-25-9-6-13/h4,7,10,12-13H,5-6,8-9,11H2,1-3H3,(H,23,24). The van der Waals surface area contributed by atoms with Crippen molar-refractivity contribution in [2.45, 2.75) is 45.6 Å². The van der Waals surface area contributed by atoms with Crippen LogP contribution in [0, 0.1) is 5.92 Å². The zero-order valence-corrected chi connectivity index (χ0v) is 15.0. The number of nitrogens with zero attached hydrogens (tertiary/aromatic N) is 3. The fraction of sp³-hybridized carbons (Fsp3) is 0.526. The van der Waals surface area contributed by atoms with E-state index in [0.717, 1.165) is 38.4 Å². The maximum atomic E-state index is 11.5. The molecular weight excluding hydrogens is 318 g/mol. The monoisotopic (exact) mass is 343 g/mol. The van der Waals surface area contributed by atoms with E-state index < -0.39 is 5.97 Å². The summed E-state index contributed by atoms with van der Waals surface area (Å²) in [6, 6.07) is 1.52. The lowest BCUT2D eigenvalue weighted by molar-refractivity contribution is 0.0607. The van der Waals surface area contributed by atoms with Gasteiger partial charge in [0.25, 0.3) is 0 Å². The van der Waals surface area contributed by atoms with Crippen LogP contribution in [0.1, 0.15) is 49.8 Å². The van der Waals surface area contributed by atoms with E-state index in [0.29, 0.717) is 17.2 Å². The van der Waals surface area contributed by atoms with Crippen molar-refractivity contribution < 1.29 is 14.6 Å². The highest BCUT2D eigenvalue weighted by atomic mass is 16.5. The first-order valence-electron chi connectivity index (χ1n) is 8.69.